The lowest BCUT2D eigenvalue weighted by atomic mass is 10.1. The molecule has 2 aromatic rings. The second kappa shape index (κ2) is 6.99. The normalized spacial score (nSPS) is 13.1. The zero-order valence-electron chi connectivity index (χ0n) is 10.8. The molecule has 0 radical (unpaired) electrons. The molecule has 1 atom stereocenters. The van der Waals surface area contributed by atoms with Gasteiger partial charge in [0.25, 0.3) is 0 Å². The predicted octanol–water partition coefficient (Wildman–Crippen LogP) is 4.25. The zero-order chi connectivity index (χ0) is 15.5. The van der Waals surface area contributed by atoms with E-state index in [-0.39, 0.29) is 16.5 Å². The Morgan fingerprint density at radius 2 is 1.71 bits per heavy atom. The van der Waals surface area contributed by atoms with Crippen LogP contribution in [0.3, 0.4) is 0 Å². The van der Waals surface area contributed by atoms with Crippen molar-refractivity contribution < 1.29 is 8.42 Å². The van der Waals surface area contributed by atoms with Crippen molar-refractivity contribution >= 4 is 44.8 Å². The van der Waals surface area contributed by atoms with Crippen LogP contribution >= 0.6 is 34.8 Å². The highest BCUT2D eigenvalue weighted by Crippen LogP contribution is 2.25. The molecule has 0 bridgehead atoms. The highest BCUT2D eigenvalue weighted by atomic mass is 35.5. The maximum absolute atomic E-state index is 12.2. The number of rotatable bonds is 5. The van der Waals surface area contributed by atoms with Crippen LogP contribution in [-0.4, -0.2) is 15.0 Å². The zero-order valence-corrected chi connectivity index (χ0v) is 13.8. The summed E-state index contributed by atoms with van der Waals surface area (Å²) in [5.74, 6) is 0. The quantitative estimate of drug-likeness (QED) is 0.806. The van der Waals surface area contributed by atoms with Gasteiger partial charge in [-0.1, -0.05) is 53.5 Å². The van der Waals surface area contributed by atoms with E-state index in [1.165, 1.54) is 18.2 Å². The highest BCUT2D eigenvalue weighted by Gasteiger charge is 2.19. The first-order valence-corrected chi connectivity index (χ1v) is 8.71. The van der Waals surface area contributed by atoms with E-state index in [0.29, 0.717) is 5.02 Å². The fourth-order valence-corrected chi connectivity index (χ4v) is 3.87. The van der Waals surface area contributed by atoms with Gasteiger partial charge >= 0.3 is 0 Å². The van der Waals surface area contributed by atoms with Crippen LogP contribution in [0.15, 0.2) is 53.4 Å². The average Bonchev–Trinajstić information content (AvgIpc) is 2.45. The van der Waals surface area contributed by atoms with Gasteiger partial charge in [0, 0.05) is 11.6 Å². The Labute approximate surface area is 138 Å². The van der Waals surface area contributed by atoms with E-state index >= 15 is 0 Å². The van der Waals surface area contributed by atoms with Gasteiger partial charge in [0.2, 0.25) is 10.0 Å². The first-order valence-electron chi connectivity index (χ1n) is 6.04. The summed E-state index contributed by atoms with van der Waals surface area (Å²) in [5.41, 5.74) is 0.837. The van der Waals surface area contributed by atoms with Crippen molar-refractivity contribution in [3.63, 3.8) is 0 Å². The molecule has 0 heterocycles. The Kier molecular flexibility index (Phi) is 5.52. The summed E-state index contributed by atoms with van der Waals surface area (Å²) in [5, 5.41) is -0.0219. The topological polar surface area (TPSA) is 46.2 Å². The third-order valence-electron chi connectivity index (χ3n) is 2.80. The van der Waals surface area contributed by atoms with E-state index in [0.717, 1.165) is 5.56 Å². The molecule has 0 unspecified atom stereocenters. The van der Waals surface area contributed by atoms with Gasteiger partial charge in [-0.3, -0.25) is 0 Å². The van der Waals surface area contributed by atoms with Crippen LogP contribution in [-0.2, 0) is 10.0 Å². The van der Waals surface area contributed by atoms with Gasteiger partial charge < -0.3 is 0 Å². The van der Waals surface area contributed by atoms with Crippen molar-refractivity contribution in [2.75, 3.05) is 6.54 Å². The smallest absolute Gasteiger partial charge is 0.209 e. The minimum Gasteiger partial charge on any atom is -0.209 e. The summed E-state index contributed by atoms with van der Waals surface area (Å²) in [6.45, 7) is 0.0624. The van der Waals surface area contributed by atoms with E-state index in [2.05, 4.69) is 4.72 Å². The third-order valence-corrected chi connectivity index (χ3v) is 5.35. The standard InChI is InChI=1S/C14H12Cl3NO2S/c15-11-6-7-14(12(16)8-11)21(19,20)18-9-13(17)10-4-2-1-3-5-10/h1-8,13,18H,9H2/t13-/m0/s1. The summed E-state index contributed by atoms with van der Waals surface area (Å²) < 4.78 is 26.9. The second-order valence-electron chi connectivity index (χ2n) is 4.30. The van der Waals surface area contributed by atoms with Gasteiger partial charge in [-0.2, -0.15) is 0 Å². The SMILES string of the molecule is O=S(=O)(NC[C@H](Cl)c1ccccc1)c1ccc(Cl)cc1Cl. The molecule has 0 aliphatic carbocycles. The molecule has 0 fully saturated rings. The summed E-state index contributed by atoms with van der Waals surface area (Å²) in [7, 11) is -3.74. The van der Waals surface area contributed by atoms with E-state index < -0.39 is 15.4 Å². The Morgan fingerprint density at radius 1 is 1.05 bits per heavy atom. The third kappa shape index (κ3) is 4.34. The minimum atomic E-state index is -3.74. The number of hydrogen-bond acceptors (Lipinski definition) is 2. The fraction of sp³-hybridized carbons (Fsp3) is 0.143. The van der Waals surface area contributed by atoms with Gasteiger partial charge in [-0.05, 0) is 23.8 Å². The van der Waals surface area contributed by atoms with Crippen LogP contribution in [0.5, 0.6) is 0 Å². The lowest BCUT2D eigenvalue weighted by Crippen LogP contribution is -2.27. The van der Waals surface area contributed by atoms with Crippen LogP contribution in [0.25, 0.3) is 0 Å². The molecule has 0 amide bonds. The van der Waals surface area contributed by atoms with Crippen LogP contribution in [0, 0.1) is 0 Å². The Bertz CT molecular complexity index is 720. The van der Waals surface area contributed by atoms with Crippen LogP contribution in [0.1, 0.15) is 10.9 Å². The summed E-state index contributed by atoms with van der Waals surface area (Å²) >= 11 is 17.8. The number of benzene rings is 2. The molecule has 0 saturated heterocycles. The lowest BCUT2D eigenvalue weighted by Gasteiger charge is -2.12. The molecule has 2 rings (SSSR count). The molecular weight excluding hydrogens is 353 g/mol. The molecule has 3 nitrogen and oxygen atoms in total. The Hall–Kier alpha value is -0.780. The molecule has 7 heteroatoms. The van der Waals surface area contributed by atoms with Crippen LogP contribution < -0.4 is 4.72 Å². The van der Waals surface area contributed by atoms with Crippen molar-refractivity contribution in [1.29, 1.82) is 0 Å². The van der Waals surface area contributed by atoms with E-state index in [1.807, 2.05) is 30.3 Å². The summed E-state index contributed by atoms with van der Waals surface area (Å²) in [6, 6.07) is 13.4. The fourth-order valence-electron chi connectivity index (χ4n) is 1.73. The molecule has 0 aromatic heterocycles. The van der Waals surface area contributed by atoms with Crippen molar-refractivity contribution in [1.82, 2.24) is 4.72 Å². The van der Waals surface area contributed by atoms with Crippen LogP contribution in [0.2, 0.25) is 10.0 Å². The van der Waals surface area contributed by atoms with Gasteiger partial charge in [0.1, 0.15) is 4.90 Å². The maximum atomic E-state index is 12.2. The summed E-state index contributed by atoms with van der Waals surface area (Å²) in [4.78, 5) is -0.0227. The number of nitrogens with one attached hydrogen (secondary N) is 1. The number of sulfonamides is 1. The molecule has 0 aliphatic heterocycles. The van der Waals surface area contributed by atoms with E-state index in [9.17, 15) is 8.42 Å². The number of halogens is 3. The lowest BCUT2D eigenvalue weighted by molar-refractivity contribution is 0.581. The van der Waals surface area contributed by atoms with Gasteiger partial charge in [-0.15, -0.1) is 11.6 Å². The number of alkyl halides is 1. The Balaban J connectivity index is 2.11. The monoisotopic (exact) mass is 363 g/mol. The van der Waals surface area contributed by atoms with E-state index in [1.54, 1.807) is 0 Å². The molecule has 2 aromatic carbocycles. The van der Waals surface area contributed by atoms with Gasteiger partial charge in [0.05, 0.1) is 10.4 Å². The largest absolute Gasteiger partial charge is 0.242 e. The second-order valence-corrected chi connectivity index (χ2v) is 7.41. The summed E-state index contributed by atoms with van der Waals surface area (Å²) in [6.07, 6.45) is 0. The van der Waals surface area contributed by atoms with Crippen molar-refractivity contribution in [3.8, 4) is 0 Å². The molecular formula is C14H12Cl3NO2S. The van der Waals surface area contributed by atoms with Gasteiger partial charge in [0.15, 0.2) is 0 Å². The first-order chi connectivity index (χ1) is 9.90. The molecule has 0 saturated carbocycles. The molecule has 21 heavy (non-hydrogen) atoms. The Morgan fingerprint density at radius 3 is 2.33 bits per heavy atom. The molecule has 112 valence electrons. The van der Waals surface area contributed by atoms with Crippen molar-refractivity contribution in [2.45, 2.75) is 10.3 Å². The van der Waals surface area contributed by atoms with Gasteiger partial charge in [-0.25, -0.2) is 13.1 Å². The molecule has 1 N–H and O–H groups in total. The van der Waals surface area contributed by atoms with E-state index in [4.69, 9.17) is 34.8 Å². The van der Waals surface area contributed by atoms with Crippen molar-refractivity contribution in [2.24, 2.45) is 0 Å². The first kappa shape index (κ1) is 16.6. The van der Waals surface area contributed by atoms with Crippen LogP contribution in [0.4, 0.5) is 0 Å². The minimum absolute atomic E-state index is 0.0227. The number of hydrogen-bond donors (Lipinski definition) is 1. The molecule has 0 spiro atoms. The highest BCUT2D eigenvalue weighted by molar-refractivity contribution is 7.89. The predicted molar refractivity (Wildman–Crippen MR) is 86.7 cm³/mol. The average molecular weight is 365 g/mol. The maximum Gasteiger partial charge on any atom is 0.242 e. The molecule has 0 aliphatic rings. The van der Waals surface area contributed by atoms with Crippen molar-refractivity contribution in [3.05, 3.63) is 64.1 Å².